The van der Waals surface area contributed by atoms with Crippen molar-refractivity contribution in [3.8, 4) is 28.3 Å². The number of piperidine rings is 1. The molecule has 9 nitrogen and oxygen atoms in total. The van der Waals surface area contributed by atoms with Gasteiger partial charge in [-0.25, -0.2) is 9.78 Å². The number of aromatic nitrogens is 2. The Morgan fingerprint density at radius 1 is 1.00 bits per heavy atom. The van der Waals surface area contributed by atoms with Crippen LogP contribution >= 0.6 is 23.2 Å². The number of urea groups is 1. The summed E-state index contributed by atoms with van der Waals surface area (Å²) >= 11 is 13.1. The SMILES string of the molecule is COCc1ccc(NC(=O)N2C3CCC2CC(OCc2c(-c4c(Cl)cccc4Cl)noc2C2CC2)C3)cc1-c1ccc(OC)nc1. The van der Waals surface area contributed by atoms with Crippen LogP contribution in [0.2, 0.25) is 10.0 Å². The third-order valence-corrected chi connectivity index (χ3v) is 9.90. The molecule has 2 amide bonds. The van der Waals surface area contributed by atoms with E-state index in [0.29, 0.717) is 46.3 Å². The Bertz CT molecular complexity index is 1690. The predicted octanol–water partition coefficient (Wildman–Crippen LogP) is 8.49. The second kappa shape index (κ2) is 13.2. The predicted molar refractivity (Wildman–Crippen MR) is 176 cm³/mol. The summed E-state index contributed by atoms with van der Waals surface area (Å²) in [7, 11) is 3.26. The van der Waals surface area contributed by atoms with E-state index in [1.807, 2.05) is 53.4 Å². The van der Waals surface area contributed by atoms with Gasteiger partial charge in [-0.15, -0.1) is 0 Å². The number of nitrogens with one attached hydrogen (secondary N) is 1. The van der Waals surface area contributed by atoms with Crippen LogP contribution < -0.4 is 10.1 Å². The first kappa shape index (κ1) is 31.0. The maximum Gasteiger partial charge on any atom is 0.322 e. The number of fused-ring (bicyclic) bond motifs is 2. The first-order valence-corrected chi connectivity index (χ1v) is 16.4. The lowest BCUT2D eigenvalue weighted by Crippen LogP contribution is -2.50. The normalized spacial score (nSPS) is 20.6. The van der Waals surface area contributed by atoms with E-state index in [4.69, 9.17) is 41.9 Å². The van der Waals surface area contributed by atoms with Gasteiger partial charge in [-0.3, -0.25) is 0 Å². The smallest absolute Gasteiger partial charge is 0.322 e. The highest BCUT2D eigenvalue weighted by molar-refractivity contribution is 6.39. The summed E-state index contributed by atoms with van der Waals surface area (Å²) in [5, 5.41) is 8.62. The van der Waals surface area contributed by atoms with Gasteiger partial charge >= 0.3 is 6.03 Å². The van der Waals surface area contributed by atoms with Crippen molar-refractivity contribution in [3.63, 3.8) is 0 Å². The molecule has 11 heteroatoms. The van der Waals surface area contributed by atoms with Gasteiger partial charge in [-0.1, -0.05) is 40.5 Å². The van der Waals surface area contributed by atoms with Crippen molar-refractivity contribution in [1.82, 2.24) is 15.0 Å². The molecule has 46 heavy (non-hydrogen) atoms. The summed E-state index contributed by atoms with van der Waals surface area (Å²) < 4.78 is 23.0. The molecule has 2 aromatic carbocycles. The van der Waals surface area contributed by atoms with Gasteiger partial charge in [0.1, 0.15) is 11.5 Å². The average Bonchev–Trinajstić information content (AvgIpc) is 3.76. The monoisotopic (exact) mass is 662 g/mol. The molecule has 2 unspecified atom stereocenters. The van der Waals surface area contributed by atoms with Crippen LogP contribution in [-0.4, -0.2) is 53.5 Å². The number of anilines is 1. The zero-order chi connectivity index (χ0) is 31.8. The summed E-state index contributed by atoms with van der Waals surface area (Å²) in [5.41, 5.74) is 5.83. The minimum Gasteiger partial charge on any atom is -0.481 e. The largest absolute Gasteiger partial charge is 0.481 e. The van der Waals surface area contributed by atoms with Crippen molar-refractivity contribution < 1.29 is 23.5 Å². The number of hydrogen-bond acceptors (Lipinski definition) is 7. The zero-order valence-electron chi connectivity index (χ0n) is 25.8. The number of carbonyl (C=O) groups is 1. The number of ether oxygens (including phenoxy) is 3. The van der Waals surface area contributed by atoms with Gasteiger partial charge in [0.2, 0.25) is 5.88 Å². The number of nitrogens with zero attached hydrogens (tertiary/aromatic N) is 3. The van der Waals surface area contributed by atoms with Crippen LogP contribution in [0, 0.1) is 0 Å². The van der Waals surface area contributed by atoms with Crippen LogP contribution in [-0.2, 0) is 22.7 Å². The lowest BCUT2D eigenvalue weighted by atomic mass is 9.99. The molecule has 1 saturated carbocycles. The molecule has 4 aromatic rings. The summed E-state index contributed by atoms with van der Waals surface area (Å²) in [6, 6.07) is 15.2. The highest BCUT2D eigenvalue weighted by atomic mass is 35.5. The quantitative estimate of drug-likeness (QED) is 0.182. The number of rotatable bonds is 10. The molecule has 2 aromatic heterocycles. The van der Waals surface area contributed by atoms with Crippen LogP contribution in [0.15, 0.2) is 59.3 Å². The van der Waals surface area contributed by atoms with Crippen LogP contribution in [0.25, 0.3) is 22.4 Å². The highest BCUT2D eigenvalue weighted by Gasteiger charge is 2.44. The van der Waals surface area contributed by atoms with Gasteiger partial charge < -0.3 is 29.0 Å². The Labute approximate surface area is 278 Å². The van der Waals surface area contributed by atoms with Crippen molar-refractivity contribution >= 4 is 34.9 Å². The summed E-state index contributed by atoms with van der Waals surface area (Å²) in [5.74, 6) is 1.76. The molecule has 2 bridgehead atoms. The molecule has 3 fully saturated rings. The Kier molecular flexibility index (Phi) is 8.92. The highest BCUT2D eigenvalue weighted by Crippen LogP contribution is 2.46. The lowest BCUT2D eigenvalue weighted by molar-refractivity contribution is -0.0158. The number of halogens is 2. The zero-order valence-corrected chi connectivity index (χ0v) is 27.3. The fraction of sp³-hybridized carbons (Fsp3) is 0.400. The fourth-order valence-electron chi connectivity index (χ4n) is 6.90. The molecule has 2 atom stereocenters. The minimum atomic E-state index is -0.0880. The molecule has 0 spiro atoms. The number of pyridine rings is 1. The number of carbonyl (C=O) groups excluding carboxylic acids is 1. The Morgan fingerprint density at radius 3 is 2.41 bits per heavy atom. The van der Waals surface area contributed by atoms with Crippen molar-refractivity contribution in [2.45, 2.75) is 75.8 Å². The molecule has 1 aliphatic carbocycles. The van der Waals surface area contributed by atoms with Crippen LogP contribution in [0.3, 0.4) is 0 Å². The van der Waals surface area contributed by atoms with Gasteiger partial charge in [-0.2, -0.15) is 0 Å². The number of methoxy groups -OCH3 is 2. The third kappa shape index (κ3) is 6.21. The molecule has 2 aliphatic heterocycles. The van der Waals surface area contributed by atoms with E-state index in [9.17, 15) is 4.79 Å². The van der Waals surface area contributed by atoms with E-state index in [1.165, 1.54) is 0 Å². The molecule has 3 aliphatic rings. The van der Waals surface area contributed by atoms with Gasteiger partial charge in [0.05, 0.1) is 36.5 Å². The first-order valence-electron chi connectivity index (χ1n) is 15.7. The van der Waals surface area contributed by atoms with Crippen LogP contribution in [0.4, 0.5) is 10.5 Å². The molecule has 4 heterocycles. The summed E-state index contributed by atoms with van der Waals surface area (Å²) in [6.45, 7) is 0.802. The Morgan fingerprint density at radius 2 is 1.76 bits per heavy atom. The van der Waals surface area contributed by atoms with E-state index in [0.717, 1.165) is 72.2 Å². The summed E-state index contributed by atoms with van der Waals surface area (Å²) in [4.78, 5) is 20.1. The molecule has 240 valence electrons. The van der Waals surface area contributed by atoms with Crippen molar-refractivity contribution in [2.75, 3.05) is 19.5 Å². The fourth-order valence-corrected chi connectivity index (χ4v) is 7.47. The van der Waals surface area contributed by atoms with Crippen LogP contribution in [0.5, 0.6) is 5.88 Å². The third-order valence-electron chi connectivity index (χ3n) is 9.27. The number of hydrogen-bond donors (Lipinski definition) is 1. The maximum atomic E-state index is 13.7. The molecular formula is C35H36Cl2N4O5. The van der Waals surface area contributed by atoms with Crippen LogP contribution in [0.1, 0.15) is 61.3 Å². The van der Waals surface area contributed by atoms with Crippen molar-refractivity contribution in [2.24, 2.45) is 0 Å². The molecule has 7 rings (SSSR count). The van der Waals surface area contributed by atoms with E-state index in [-0.39, 0.29) is 24.2 Å². The Balaban J connectivity index is 1.04. The number of benzene rings is 2. The molecule has 2 saturated heterocycles. The van der Waals surface area contributed by atoms with Crippen molar-refractivity contribution in [1.29, 1.82) is 0 Å². The van der Waals surface area contributed by atoms with Crippen molar-refractivity contribution in [3.05, 3.63) is 81.7 Å². The second-order valence-electron chi connectivity index (χ2n) is 12.3. The minimum absolute atomic E-state index is 0.0144. The standard InChI is InChI=1S/C35H36Cl2N4O5/c1-43-18-22-8-10-23(14-27(22)21-9-13-31(44-2)38-17-21)39-35(42)41-24-11-12-25(41)16-26(15-24)45-19-28-33(40-46-34(28)20-6-7-20)32-29(36)4-3-5-30(32)37/h3-5,8-10,13-14,17,20,24-26H,6-7,11-12,15-16,18-19H2,1-2H3,(H,39,42). The van der Waals surface area contributed by atoms with E-state index >= 15 is 0 Å². The Hall–Kier alpha value is -3.63. The molecule has 1 N–H and O–H groups in total. The molecule has 0 radical (unpaired) electrons. The molecular weight excluding hydrogens is 627 g/mol. The average molecular weight is 664 g/mol. The van der Waals surface area contributed by atoms with Gasteiger partial charge in [-0.05, 0) is 80.0 Å². The number of amides is 2. The van der Waals surface area contributed by atoms with E-state index < -0.39 is 0 Å². The second-order valence-corrected chi connectivity index (χ2v) is 13.1. The first-order chi connectivity index (χ1) is 22.4. The van der Waals surface area contributed by atoms with Gasteiger partial charge in [0.25, 0.3) is 0 Å². The lowest BCUT2D eigenvalue weighted by Gasteiger charge is -2.38. The van der Waals surface area contributed by atoms with Gasteiger partial charge in [0, 0.05) is 59.8 Å². The summed E-state index contributed by atoms with van der Waals surface area (Å²) in [6.07, 6.45) is 7.37. The van der Waals surface area contributed by atoms with E-state index in [1.54, 1.807) is 20.4 Å². The topological polar surface area (TPSA) is 99.0 Å². The maximum absolute atomic E-state index is 13.7. The van der Waals surface area contributed by atoms with Gasteiger partial charge in [0.15, 0.2) is 0 Å². The van der Waals surface area contributed by atoms with E-state index in [2.05, 4.69) is 15.5 Å².